The minimum atomic E-state index is 0.517. The predicted octanol–water partition coefficient (Wildman–Crippen LogP) is 3.63. The first-order valence-electron chi connectivity index (χ1n) is 7.18. The van der Waals surface area contributed by atoms with Crippen LogP contribution in [0.5, 0.6) is 0 Å². The molecule has 1 fully saturated rings. The fraction of sp³-hybridized carbons (Fsp3) is 0.625. The van der Waals surface area contributed by atoms with E-state index < -0.39 is 0 Å². The van der Waals surface area contributed by atoms with E-state index in [1.807, 2.05) is 0 Å². The molecule has 1 nitrogen and oxygen atoms in total. The summed E-state index contributed by atoms with van der Waals surface area (Å²) in [4.78, 5) is 0. The average molecular weight is 229 g/mol. The molecule has 2 aliphatic rings. The summed E-state index contributed by atoms with van der Waals surface area (Å²) in [5.74, 6) is 0.968. The van der Waals surface area contributed by atoms with Gasteiger partial charge < -0.3 is 5.32 Å². The van der Waals surface area contributed by atoms with Gasteiger partial charge in [0.15, 0.2) is 0 Å². The molecule has 0 radical (unpaired) electrons. The van der Waals surface area contributed by atoms with Crippen LogP contribution in [0.2, 0.25) is 0 Å². The van der Waals surface area contributed by atoms with Crippen molar-refractivity contribution in [1.82, 2.24) is 5.32 Å². The lowest BCUT2D eigenvalue weighted by Gasteiger charge is -2.20. The summed E-state index contributed by atoms with van der Waals surface area (Å²) in [5.41, 5.74) is 4.68. The molecule has 1 aromatic carbocycles. The molecule has 17 heavy (non-hydrogen) atoms. The van der Waals surface area contributed by atoms with Gasteiger partial charge in [-0.3, -0.25) is 0 Å². The van der Waals surface area contributed by atoms with Gasteiger partial charge in [0.2, 0.25) is 0 Å². The first-order chi connectivity index (χ1) is 8.33. The molecule has 92 valence electrons. The lowest BCUT2D eigenvalue weighted by molar-refractivity contribution is 0.547. The molecule has 1 unspecified atom stereocenters. The molecule has 2 aliphatic carbocycles. The molecular weight excluding hydrogens is 206 g/mol. The second-order valence-corrected chi connectivity index (χ2v) is 5.81. The summed E-state index contributed by atoms with van der Waals surface area (Å²) in [5, 5.41) is 3.67. The molecule has 0 saturated heterocycles. The maximum Gasteiger partial charge on any atom is 0.0292 e. The molecule has 0 aliphatic heterocycles. The molecule has 0 spiro atoms. The Bertz CT molecular complexity index is 393. The van der Waals surface area contributed by atoms with Gasteiger partial charge in [-0.25, -0.2) is 0 Å². The van der Waals surface area contributed by atoms with Crippen molar-refractivity contribution in [3.05, 3.63) is 34.9 Å². The molecule has 3 rings (SSSR count). The van der Waals surface area contributed by atoms with Gasteiger partial charge >= 0.3 is 0 Å². The Kier molecular flexibility index (Phi) is 3.19. The highest BCUT2D eigenvalue weighted by Crippen LogP contribution is 2.29. The smallest absolute Gasteiger partial charge is 0.0292 e. The third-order valence-corrected chi connectivity index (χ3v) is 4.28. The fourth-order valence-corrected chi connectivity index (χ4v) is 2.81. The standard InChI is InChI=1S/C16H23N/c1-12(17-11-13-6-7-13)15-9-8-14-4-2-3-5-16(14)10-15/h8-10,12-13,17H,2-7,11H2,1H3. The monoisotopic (exact) mass is 229 g/mol. The molecule has 0 amide bonds. The van der Waals surface area contributed by atoms with Gasteiger partial charge in [0, 0.05) is 6.04 Å². The molecule has 0 bridgehead atoms. The summed E-state index contributed by atoms with van der Waals surface area (Å²) >= 11 is 0. The van der Waals surface area contributed by atoms with Crippen LogP contribution in [-0.4, -0.2) is 6.54 Å². The Balaban J connectivity index is 1.68. The van der Waals surface area contributed by atoms with E-state index in [1.165, 1.54) is 50.6 Å². The quantitative estimate of drug-likeness (QED) is 0.831. The SMILES string of the molecule is CC(NCC1CC1)c1ccc2c(c1)CCCC2. The van der Waals surface area contributed by atoms with E-state index in [1.54, 1.807) is 11.1 Å². The number of fused-ring (bicyclic) bond motifs is 1. The van der Waals surface area contributed by atoms with Crippen LogP contribution in [-0.2, 0) is 12.8 Å². The highest BCUT2D eigenvalue weighted by Gasteiger charge is 2.21. The van der Waals surface area contributed by atoms with Crippen LogP contribution in [0.3, 0.4) is 0 Å². The maximum atomic E-state index is 3.67. The summed E-state index contributed by atoms with van der Waals surface area (Å²) < 4.78 is 0. The largest absolute Gasteiger partial charge is 0.310 e. The second-order valence-electron chi connectivity index (χ2n) is 5.81. The van der Waals surface area contributed by atoms with Gasteiger partial charge in [-0.05, 0) is 74.6 Å². The van der Waals surface area contributed by atoms with E-state index in [0.717, 1.165) is 5.92 Å². The normalized spacial score (nSPS) is 21.0. The zero-order chi connectivity index (χ0) is 11.7. The average Bonchev–Trinajstić information content (AvgIpc) is 3.19. The Morgan fingerprint density at radius 2 is 1.94 bits per heavy atom. The van der Waals surface area contributed by atoms with Crippen LogP contribution in [0, 0.1) is 5.92 Å². The van der Waals surface area contributed by atoms with Gasteiger partial charge in [-0.1, -0.05) is 18.2 Å². The summed E-state index contributed by atoms with van der Waals surface area (Å²) in [7, 11) is 0. The minimum Gasteiger partial charge on any atom is -0.310 e. The zero-order valence-electron chi connectivity index (χ0n) is 10.8. The van der Waals surface area contributed by atoms with Gasteiger partial charge in [-0.2, -0.15) is 0 Å². The molecule has 0 heterocycles. The molecule has 1 heteroatoms. The molecular formula is C16H23N. The Labute approximate surface area is 105 Å². The Morgan fingerprint density at radius 3 is 2.71 bits per heavy atom. The van der Waals surface area contributed by atoms with E-state index in [0.29, 0.717) is 6.04 Å². The van der Waals surface area contributed by atoms with Crippen molar-refractivity contribution in [2.24, 2.45) is 5.92 Å². The zero-order valence-corrected chi connectivity index (χ0v) is 10.8. The van der Waals surface area contributed by atoms with Gasteiger partial charge in [0.1, 0.15) is 0 Å². The van der Waals surface area contributed by atoms with E-state index in [2.05, 4.69) is 30.4 Å². The third kappa shape index (κ3) is 2.71. The number of rotatable bonds is 4. The van der Waals surface area contributed by atoms with Crippen LogP contribution >= 0.6 is 0 Å². The number of nitrogens with one attached hydrogen (secondary N) is 1. The Hall–Kier alpha value is -0.820. The van der Waals surface area contributed by atoms with Crippen LogP contribution in [0.4, 0.5) is 0 Å². The summed E-state index contributed by atoms with van der Waals surface area (Å²) in [6, 6.07) is 7.65. The fourth-order valence-electron chi connectivity index (χ4n) is 2.81. The van der Waals surface area contributed by atoms with Crippen molar-refractivity contribution < 1.29 is 0 Å². The van der Waals surface area contributed by atoms with Crippen molar-refractivity contribution in [3.8, 4) is 0 Å². The molecule has 1 N–H and O–H groups in total. The first-order valence-corrected chi connectivity index (χ1v) is 7.18. The van der Waals surface area contributed by atoms with Crippen molar-refractivity contribution >= 4 is 0 Å². The number of hydrogen-bond acceptors (Lipinski definition) is 1. The van der Waals surface area contributed by atoms with Crippen LogP contribution < -0.4 is 5.32 Å². The highest BCUT2D eigenvalue weighted by atomic mass is 14.9. The summed E-state index contributed by atoms with van der Waals surface area (Å²) in [6.45, 7) is 3.51. The number of benzene rings is 1. The maximum absolute atomic E-state index is 3.67. The Morgan fingerprint density at radius 1 is 1.18 bits per heavy atom. The predicted molar refractivity (Wildman–Crippen MR) is 72.2 cm³/mol. The number of aryl methyl sites for hydroxylation is 2. The third-order valence-electron chi connectivity index (χ3n) is 4.28. The first kappa shape index (κ1) is 11.3. The van der Waals surface area contributed by atoms with Gasteiger partial charge in [-0.15, -0.1) is 0 Å². The van der Waals surface area contributed by atoms with E-state index in [9.17, 15) is 0 Å². The molecule has 1 aromatic rings. The van der Waals surface area contributed by atoms with E-state index >= 15 is 0 Å². The molecule has 0 aromatic heterocycles. The van der Waals surface area contributed by atoms with Crippen molar-refractivity contribution in [1.29, 1.82) is 0 Å². The summed E-state index contributed by atoms with van der Waals surface area (Å²) in [6.07, 6.45) is 8.20. The van der Waals surface area contributed by atoms with E-state index in [-0.39, 0.29) is 0 Å². The topological polar surface area (TPSA) is 12.0 Å². The van der Waals surface area contributed by atoms with Crippen molar-refractivity contribution in [2.45, 2.75) is 51.5 Å². The van der Waals surface area contributed by atoms with E-state index in [4.69, 9.17) is 0 Å². The lowest BCUT2D eigenvalue weighted by Crippen LogP contribution is -2.21. The molecule has 1 atom stereocenters. The van der Waals surface area contributed by atoms with Gasteiger partial charge in [0.25, 0.3) is 0 Å². The van der Waals surface area contributed by atoms with Crippen molar-refractivity contribution in [2.75, 3.05) is 6.54 Å². The van der Waals surface area contributed by atoms with Crippen LogP contribution in [0.1, 0.15) is 55.3 Å². The number of hydrogen-bond donors (Lipinski definition) is 1. The second kappa shape index (κ2) is 4.81. The van der Waals surface area contributed by atoms with Crippen LogP contribution in [0.25, 0.3) is 0 Å². The molecule has 1 saturated carbocycles. The minimum absolute atomic E-state index is 0.517. The van der Waals surface area contributed by atoms with Crippen LogP contribution in [0.15, 0.2) is 18.2 Å². The van der Waals surface area contributed by atoms with Crippen molar-refractivity contribution in [3.63, 3.8) is 0 Å². The highest BCUT2D eigenvalue weighted by molar-refractivity contribution is 5.35. The van der Waals surface area contributed by atoms with Gasteiger partial charge in [0.05, 0.1) is 0 Å². The lowest BCUT2D eigenvalue weighted by atomic mass is 9.89.